The average molecular weight is 521 g/mol. The molecule has 2 saturated heterocycles. The van der Waals surface area contributed by atoms with E-state index in [9.17, 15) is 14.4 Å². The van der Waals surface area contributed by atoms with Crippen LogP contribution >= 0.6 is 0 Å². The zero-order valence-corrected chi connectivity index (χ0v) is 22.7. The Morgan fingerprint density at radius 3 is 2.19 bits per heavy atom. The van der Waals surface area contributed by atoms with E-state index in [1.807, 2.05) is 26.0 Å². The Labute approximate surface area is 218 Å². The fourth-order valence-corrected chi connectivity index (χ4v) is 4.61. The molecule has 0 saturated carbocycles. The van der Waals surface area contributed by atoms with Crippen molar-refractivity contribution < 1.29 is 33.3 Å². The van der Waals surface area contributed by atoms with Crippen LogP contribution in [0.4, 0.5) is 0 Å². The molecule has 37 heavy (non-hydrogen) atoms. The van der Waals surface area contributed by atoms with E-state index in [0.717, 1.165) is 5.56 Å². The summed E-state index contributed by atoms with van der Waals surface area (Å²) in [6, 6.07) is 3.15. The highest BCUT2D eigenvalue weighted by Crippen LogP contribution is 2.40. The van der Waals surface area contributed by atoms with Crippen LogP contribution < -0.4 is 24.8 Å². The smallest absolute Gasteiger partial charge is 0.253 e. The Morgan fingerprint density at radius 1 is 0.973 bits per heavy atom. The summed E-state index contributed by atoms with van der Waals surface area (Å²) in [5.74, 6) is 1.15. The first-order valence-electron chi connectivity index (χ1n) is 12.8. The van der Waals surface area contributed by atoms with Crippen LogP contribution in [0, 0.1) is 5.92 Å². The Balaban J connectivity index is 1.58. The summed E-state index contributed by atoms with van der Waals surface area (Å²) in [4.78, 5) is 42.0. The summed E-state index contributed by atoms with van der Waals surface area (Å²) in [5.41, 5.74) is 0.968. The number of likely N-dealkylation sites (N-methyl/N-ethyl adjacent to an activating group) is 1. The van der Waals surface area contributed by atoms with Crippen LogP contribution in [0.3, 0.4) is 0 Å². The molecular weight excluding hydrogens is 480 g/mol. The Bertz CT molecular complexity index is 962. The number of hydrogen-bond acceptors (Lipinski definition) is 8. The van der Waals surface area contributed by atoms with Crippen LogP contribution in [0.15, 0.2) is 12.1 Å². The molecule has 0 radical (unpaired) electrons. The normalized spacial score (nSPS) is 20.2. The van der Waals surface area contributed by atoms with Crippen LogP contribution in [-0.4, -0.2) is 99.8 Å². The topological polar surface area (TPSA) is 122 Å². The molecule has 2 fully saturated rings. The van der Waals surface area contributed by atoms with Crippen molar-refractivity contribution in [1.29, 1.82) is 0 Å². The van der Waals surface area contributed by atoms with Crippen molar-refractivity contribution in [2.24, 2.45) is 5.92 Å². The standard InChI is InChI=1S/C26H40N4O7/c1-7-27-24(31)22-23(37-22)25(32)28-18(14-16(2)3)26(33)30-12-10-29(11-13-30)15-17-8-9-19(34-4)21(36-6)20(17)35-5/h8-9,16,18,22-23H,7,10-15H2,1-6H3,(H,27,31)(H,28,32)/t18-,22+,23+/m0/s1. The van der Waals surface area contributed by atoms with Gasteiger partial charge in [0.05, 0.1) is 21.3 Å². The lowest BCUT2D eigenvalue weighted by Gasteiger charge is -2.37. The van der Waals surface area contributed by atoms with Crippen molar-refractivity contribution in [3.8, 4) is 17.2 Å². The van der Waals surface area contributed by atoms with Crippen LogP contribution in [0.5, 0.6) is 17.2 Å². The Kier molecular flexibility index (Phi) is 9.99. The Hall–Kier alpha value is -3.05. The first-order valence-corrected chi connectivity index (χ1v) is 12.8. The molecule has 11 heteroatoms. The number of ether oxygens (including phenoxy) is 4. The molecule has 1 aromatic rings. The van der Waals surface area contributed by atoms with Gasteiger partial charge in [-0.1, -0.05) is 19.9 Å². The molecule has 3 rings (SSSR count). The van der Waals surface area contributed by atoms with E-state index >= 15 is 0 Å². The summed E-state index contributed by atoms with van der Waals surface area (Å²) in [7, 11) is 4.77. The van der Waals surface area contributed by atoms with Crippen LogP contribution in [0.1, 0.15) is 32.8 Å². The minimum absolute atomic E-state index is 0.111. The van der Waals surface area contributed by atoms with E-state index in [0.29, 0.717) is 62.9 Å². The van der Waals surface area contributed by atoms with Gasteiger partial charge in [-0.3, -0.25) is 19.3 Å². The van der Waals surface area contributed by atoms with Crippen LogP contribution in [0.25, 0.3) is 0 Å². The third-order valence-corrected chi connectivity index (χ3v) is 6.54. The molecule has 3 atom stereocenters. The van der Waals surface area contributed by atoms with Crippen molar-refractivity contribution in [2.45, 2.75) is 52.0 Å². The monoisotopic (exact) mass is 520 g/mol. The summed E-state index contributed by atoms with van der Waals surface area (Å²) in [6.45, 7) is 9.35. The summed E-state index contributed by atoms with van der Waals surface area (Å²) in [5, 5.41) is 5.48. The van der Waals surface area contributed by atoms with E-state index in [-0.39, 0.29) is 17.7 Å². The minimum Gasteiger partial charge on any atom is -0.493 e. The third kappa shape index (κ3) is 7.04. The second-order valence-electron chi connectivity index (χ2n) is 9.66. The highest BCUT2D eigenvalue weighted by molar-refractivity contribution is 5.97. The Morgan fingerprint density at radius 2 is 1.62 bits per heavy atom. The van der Waals surface area contributed by atoms with Gasteiger partial charge < -0.3 is 34.5 Å². The number of piperazine rings is 1. The number of hydrogen-bond donors (Lipinski definition) is 2. The quantitative estimate of drug-likeness (QED) is 0.388. The van der Waals surface area contributed by atoms with Gasteiger partial charge in [-0.05, 0) is 25.3 Å². The fraction of sp³-hybridized carbons (Fsp3) is 0.654. The van der Waals surface area contributed by atoms with Crippen LogP contribution in [0.2, 0.25) is 0 Å². The lowest BCUT2D eigenvalue weighted by Crippen LogP contribution is -2.55. The fourth-order valence-electron chi connectivity index (χ4n) is 4.61. The molecule has 2 heterocycles. The molecule has 0 spiro atoms. The second kappa shape index (κ2) is 13.0. The molecule has 11 nitrogen and oxygen atoms in total. The first-order chi connectivity index (χ1) is 17.7. The molecule has 0 aromatic heterocycles. The van der Waals surface area contributed by atoms with Crippen molar-refractivity contribution in [3.63, 3.8) is 0 Å². The van der Waals surface area contributed by atoms with Gasteiger partial charge in [-0.15, -0.1) is 0 Å². The van der Waals surface area contributed by atoms with E-state index in [4.69, 9.17) is 18.9 Å². The molecule has 0 unspecified atom stereocenters. The molecule has 206 valence electrons. The molecule has 2 aliphatic heterocycles. The maximum absolute atomic E-state index is 13.4. The molecule has 2 N–H and O–H groups in total. The van der Waals surface area contributed by atoms with Crippen molar-refractivity contribution >= 4 is 17.7 Å². The van der Waals surface area contributed by atoms with Crippen molar-refractivity contribution in [3.05, 3.63) is 17.7 Å². The zero-order valence-electron chi connectivity index (χ0n) is 22.7. The SMILES string of the molecule is CCNC(=O)[C@@H]1O[C@H]1C(=O)N[C@@H](CC(C)C)C(=O)N1CCN(Cc2ccc(OC)c(OC)c2OC)CC1. The maximum Gasteiger partial charge on any atom is 0.253 e. The first kappa shape index (κ1) is 28.5. The van der Waals surface area contributed by atoms with E-state index in [1.165, 1.54) is 0 Å². The third-order valence-electron chi connectivity index (χ3n) is 6.54. The van der Waals surface area contributed by atoms with E-state index < -0.39 is 24.2 Å². The highest BCUT2D eigenvalue weighted by Gasteiger charge is 2.51. The van der Waals surface area contributed by atoms with Gasteiger partial charge in [0.2, 0.25) is 11.7 Å². The largest absolute Gasteiger partial charge is 0.493 e. The van der Waals surface area contributed by atoms with E-state index in [1.54, 1.807) is 33.2 Å². The number of nitrogens with zero attached hydrogens (tertiary/aromatic N) is 2. The summed E-state index contributed by atoms with van der Waals surface area (Å²) < 4.78 is 21.7. The lowest BCUT2D eigenvalue weighted by atomic mass is 10.0. The minimum atomic E-state index is -0.845. The number of nitrogens with one attached hydrogen (secondary N) is 2. The van der Waals surface area contributed by atoms with Crippen molar-refractivity contribution in [1.82, 2.24) is 20.4 Å². The summed E-state index contributed by atoms with van der Waals surface area (Å²) >= 11 is 0. The number of carbonyl (C=O) groups is 3. The van der Waals surface area contributed by atoms with Crippen molar-refractivity contribution in [2.75, 3.05) is 54.1 Å². The second-order valence-corrected chi connectivity index (χ2v) is 9.66. The molecule has 3 amide bonds. The predicted octanol–water partition coefficient (Wildman–Crippen LogP) is 0.791. The predicted molar refractivity (Wildman–Crippen MR) is 137 cm³/mol. The number of rotatable bonds is 12. The van der Waals surface area contributed by atoms with Gasteiger partial charge in [0.25, 0.3) is 11.8 Å². The van der Waals surface area contributed by atoms with Crippen LogP contribution in [-0.2, 0) is 25.7 Å². The molecule has 1 aromatic carbocycles. The molecule has 0 aliphatic carbocycles. The van der Waals surface area contributed by atoms with Gasteiger partial charge in [-0.25, -0.2) is 0 Å². The molecular formula is C26H40N4O7. The number of epoxide rings is 1. The van der Waals surface area contributed by atoms with Gasteiger partial charge >= 0.3 is 0 Å². The number of amides is 3. The lowest BCUT2D eigenvalue weighted by molar-refractivity contribution is -0.138. The number of methoxy groups -OCH3 is 3. The van der Waals surface area contributed by atoms with Gasteiger partial charge in [0.1, 0.15) is 6.04 Å². The zero-order chi connectivity index (χ0) is 27.1. The highest BCUT2D eigenvalue weighted by atomic mass is 16.6. The van der Waals surface area contributed by atoms with Gasteiger partial charge in [-0.2, -0.15) is 0 Å². The van der Waals surface area contributed by atoms with Gasteiger partial charge in [0, 0.05) is 44.8 Å². The number of carbonyl (C=O) groups excluding carboxylic acids is 3. The van der Waals surface area contributed by atoms with E-state index in [2.05, 4.69) is 15.5 Å². The molecule has 0 bridgehead atoms. The maximum atomic E-state index is 13.4. The molecule has 2 aliphatic rings. The number of benzene rings is 1. The average Bonchev–Trinajstić information content (AvgIpc) is 3.69. The van der Waals surface area contributed by atoms with Gasteiger partial charge in [0.15, 0.2) is 23.7 Å². The summed E-state index contributed by atoms with van der Waals surface area (Å²) in [6.07, 6.45) is -1.12.